The maximum Gasteiger partial charge on any atom is 0.230 e. The minimum atomic E-state index is -0.0624. The van der Waals surface area contributed by atoms with Gasteiger partial charge in [-0.1, -0.05) is 36.0 Å². The Balaban J connectivity index is 1.51. The SMILES string of the molecule is COc1ccc(-c2nnc(SCC(=O)NCCc3ccccc3C)n2N)cc1. The molecule has 3 rings (SSSR count). The number of nitrogens with one attached hydrogen (secondary N) is 1. The third kappa shape index (κ3) is 4.83. The molecule has 0 bridgehead atoms. The van der Waals surface area contributed by atoms with Crippen molar-refractivity contribution in [3.63, 3.8) is 0 Å². The minimum Gasteiger partial charge on any atom is -0.497 e. The summed E-state index contributed by atoms with van der Waals surface area (Å²) < 4.78 is 6.55. The molecule has 8 heteroatoms. The second kappa shape index (κ2) is 9.27. The van der Waals surface area contributed by atoms with Gasteiger partial charge in [0.15, 0.2) is 5.82 Å². The van der Waals surface area contributed by atoms with Crippen LogP contribution in [0.15, 0.2) is 53.7 Å². The summed E-state index contributed by atoms with van der Waals surface area (Å²) in [5.41, 5.74) is 3.29. The summed E-state index contributed by atoms with van der Waals surface area (Å²) in [6, 6.07) is 15.6. The van der Waals surface area contributed by atoms with Gasteiger partial charge < -0.3 is 15.9 Å². The molecular formula is C20H23N5O2S. The predicted octanol–water partition coefficient (Wildman–Crippen LogP) is 2.43. The number of aromatic nitrogens is 3. The Morgan fingerprint density at radius 1 is 1.18 bits per heavy atom. The van der Waals surface area contributed by atoms with Gasteiger partial charge in [-0.3, -0.25) is 4.79 Å². The van der Waals surface area contributed by atoms with Crippen molar-refractivity contribution < 1.29 is 9.53 Å². The fraction of sp³-hybridized carbons (Fsp3) is 0.250. The molecule has 0 saturated heterocycles. The monoisotopic (exact) mass is 397 g/mol. The van der Waals surface area contributed by atoms with Gasteiger partial charge in [0.1, 0.15) is 5.75 Å². The van der Waals surface area contributed by atoms with E-state index in [0.717, 1.165) is 17.7 Å². The number of amides is 1. The van der Waals surface area contributed by atoms with Crippen LogP contribution in [0.2, 0.25) is 0 Å². The molecule has 1 heterocycles. The summed E-state index contributed by atoms with van der Waals surface area (Å²) in [5.74, 6) is 7.54. The molecule has 1 amide bonds. The van der Waals surface area contributed by atoms with E-state index in [0.29, 0.717) is 17.5 Å². The first-order chi connectivity index (χ1) is 13.6. The number of ether oxygens (including phenoxy) is 1. The molecule has 0 fully saturated rings. The molecule has 0 saturated carbocycles. The number of methoxy groups -OCH3 is 1. The van der Waals surface area contributed by atoms with Gasteiger partial charge in [-0.05, 0) is 48.7 Å². The molecule has 146 valence electrons. The second-order valence-corrected chi connectivity index (χ2v) is 7.16. The molecule has 0 aliphatic carbocycles. The second-order valence-electron chi connectivity index (χ2n) is 6.22. The highest BCUT2D eigenvalue weighted by molar-refractivity contribution is 7.99. The van der Waals surface area contributed by atoms with Gasteiger partial charge in [0.25, 0.3) is 0 Å². The quantitative estimate of drug-likeness (QED) is 0.448. The van der Waals surface area contributed by atoms with E-state index < -0.39 is 0 Å². The topological polar surface area (TPSA) is 95.1 Å². The van der Waals surface area contributed by atoms with Crippen molar-refractivity contribution in [2.45, 2.75) is 18.5 Å². The first-order valence-corrected chi connectivity index (χ1v) is 9.86. The summed E-state index contributed by atoms with van der Waals surface area (Å²) in [6.07, 6.45) is 0.803. The summed E-state index contributed by atoms with van der Waals surface area (Å²) >= 11 is 1.26. The van der Waals surface area contributed by atoms with Gasteiger partial charge >= 0.3 is 0 Å². The molecule has 0 aliphatic rings. The van der Waals surface area contributed by atoms with Crippen LogP contribution in [0.1, 0.15) is 11.1 Å². The number of thioether (sulfide) groups is 1. The molecule has 0 spiro atoms. The number of nitrogen functional groups attached to an aromatic ring is 1. The van der Waals surface area contributed by atoms with Crippen LogP contribution in [-0.4, -0.2) is 40.2 Å². The maximum absolute atomic E-state index is 12.1. The summed E-state index contributed by atoms with van der Waals surface area (Å²) in [6.45, 7) is 2.66. The molecular weight excluding hydrogens is 374 g/mol. The number of carbonyl (C=O) groups excluding carboxylic acids is 1. The van der Waals surface area contributed by atoms with Crippen LogP contribution in [0.25, 0.3) is 11.4 Å². The largest absolute Gasteiger partial charge is 0.497 e. The Labute approximate surface area is 168 Å². The predicted molar refractivity (Wildman–Crippen MR) is 111 cm³/mol. The lowest BCUT2D eigenvalue weighted by atomic mass is 10.1. The molecule has 3 N–H and O–H groups in total. The van der Waals surface area contributed by atoms with Crippen molar-refractivity contribution in [3.05, 3.63) is 59.7 Å². The molecule has 2 aromatic carbocycles. The van der Waals surface area contributed by atoms with Crippen molar-refractivity contribution >= 4 is 17.7 Å². The molecule has 7 nitrogen and oxygen atoms in total. The molecule has 1 aromatic heterocycles. The van der Waals surface area contributed by atoms with E-state index in [1.165, 1.54) is 27.6 Å². The van der Waals surface area contributed by atoms with Crippen LogP contribution in [0.3, 0.4) is 0 Å². The smallest absolute Gasteiger partial charge is 0.230 e. The van der Waals surface area contributed by atoms with Gasteiger partial charge in [-0.15, -0.1) is 10.2 Å². The number of carbonyl (C=O) groups is 1. The van der Waals surface area contributed by atoms with E-state index in [9.17, 15) is 4.79 Å². The lowest BCUT2D eigenvalue weighted by Crippen LogP contribution is -2.27. The van der Waals surface area contributed by atoms with E-state index in [1.54, 1.807) is 7.11 Å². The highest BCUT2D eigenvalue weighted by atomic mass is 32.2. The number of hydrogen-bond donors (Lipinski definition) is 2. The van der Waals surface area contributed by atoms with Crippen LogP contribution in [0, 0.1) is 6.92 Å². The number of aryl methyl sites for hydroxylation is 1. The van der Waals surface area contributed by atoms with Crippen molar-refractivity contribution in [1.82, 2.24) is 20.2 Å². The van der Waals surface area contributed by atoms with Crippen LogP contribution in [0.4, 0.5) is 0 Å². The number of nitrogens with two attached hydrogens (primary N) is 1. The van der Waals surface area contributed by atoms with E-state index in [-0.39, 0.29) is 11.7 Å². The van der Waals surface area contributed by atoms with Crippen molar-refractivity contribution in [2.24, 2.45) is 0 Å². The van der Waals surface area contributed by atoms with Gasteiger partial charge in [0, 0.05) is 12.1 Å². The van der Waals surface area contributed by atoms with Crippen LogP contribution in [0.5, 0.6) is 5.75 Å². The highest BCUT2D eigenvalue weighted by Gasteiger charge is 2.14. The Morgan fingerprint density at radius 2 is 1.93 bits per heavy atom. The zero-order valence-electron chi connectivity index (χ0n) is 15.9. The Hall–Kier alpha value is -3.00. The summed E-state index contributed by atoms with van der Waals surface area (Å²) in [4.78, 5) is 12.1. The van der Waals surface area contributed by atoms with E-state index in [1.807, 2.05) is 36.4 Å². The normalized spacial score (nSPS) is 10.6. The number of hydrogen-bond acceptors (Lipinski definition) is 6. The zero-order valence-corrected chi connectivity index (χ0v) is 16.7. The van der Waals surface area contributed by atoms with Crippen LogP contribution < -0.4 is 15.9 Å². The fourth-order valence-corrected chi connectivity index (χ4v) is 3.41. The minimum absolute atomic E-state index is 0.0624. The van der Waals surface area contributed by atoms with Crippen molar-refractivity contribution in [3.8, 4) is 17.1 Å². The first kappa shape index (κ1) is 19.8. The standard InChI is InChI=1S/C20H23N5O2S/c1-14-5-3-4-6-15(14)11-12-22-18(26)13-28-20-24-23-19(25(20)21)16-7-9-17(27-2)10-8-16/h3-10H,11-13,21H2,1-2H3,(H,22,26). The number of nitrogens with zero attached hydrogens (tertiary/aromatic N) is 3. The maximum atomic E-state index is 12.1. The van der Waals surface area contributed by atoms with E-state index >= 15 is 0 Å². The van der Waals surface area contributed by atoms with E-state index in [4.69, 9.17) is 10.6 Å². The Kier molecular flexibility index (Phi) is 6.54. The molecule has 28 heavy (non-hydrogen) atoms. The van der Waals surface area contributed by atoms with Crippen LogP contribution >= 0.6 is 11.8 Å². The Morgan fingerprint density at radius 3 is 2.64 bits per heavy atom. The zero-order chi connectivity index (χ0) is 19.9. The molecule has 3 aromatic rings. The highest BCUT2D eigenvalue weighted by Crippen LogP contribution is 2.23. The van der Waals surface area contributed by atoms with Crippen LogP contribution in [-0.2, 0) is 11.2 Å². The van der Waals surface area contributed by atoms with Crippen molar-refractivity contribution in [2.75, 3.05) is 25.3 Å². The summed E-state index contributed by atoms with van der Waals surface area (Å²) in [7, 11) is 1.61. The summed E-state index contributed by atoms with van der Waals surface area (Å²) in [5, 5.41) is 11.6. The first-order valence-electron chi connectivity index (χ1n) is 8.87. The van der Waals surface area contributed by atoms with Crippen molar-refractivity contribution in [1.29, 1.82) is 0 Å². The molecule has 0 atom stereocenters. The third-order valence-corrected chi connectivity index (χ3v) is 5.27. The lowest BCUT2D eigenvalue weighted by Gasteiger charge is -2.07. The third-order valence-electron chi connectivity index (χ3n) is 4.32. The average Bonchev–Trinajstić information content (AvgIpc) is 3.08. The number of rotatable bonds is 8. The number of benzene rings is 2. The molecule has 0 radical (unpaired) electrons. The molecule has 0 aliphatic heterocycles. The van der Waals surface area contributed by atoms with Gasteiger partial charge in [-0.25, -0.2) is 4.68 Å². The molecule has 0 unspecified atom stereocenters. The van der Waals surface area contributed by atoms with Gasteiger partial charge in [0.2, 0.25) is 11.1 Å². The Bertz CT molecular complexity index is 940. The van der Waals surface area contributed by atoms with Gasteiger partial charge in [0.05, 0.1) is 12.9 Å². The lowest BCUT2D eigenvalue weighted by molar-refractivity contribution is -0.118. The fourth-order valence-electron chi connectivity index (χ4n) is 2.72. The van der Waals surface area contributed by atoms with E-state index in [2.05, 4.69) is 34.6 Å². The average molecular weight is 398 g/mol. The van der Waals surface area contributed by atoms with Gasteiger partial charge in [-0.2, -0.15) is 0 Å².